The van der Waals surface area contributed by atoms with Gasteiger partial charge in [-0.25, -0.2) is 13.4 Å². The summed E-state index contributed by atoms with van der Waals surface area (Å²) in [6.45, 7) is 2.87. The number of rotatable bonds is 5. The summed E-state index contributed by atoms with van der Waals surface area (Å²) >= 11 is 0. The summed E-state index contributed by atoms with van der Waals surface area (Å²) < 4.78 is 23.5. The van der Waals surface area contributed by atoms with Crippen LogP contribution in [0.2, 0.25) is 0 Å². The van der Waals surface area contributed by atoms with Crippen molar-refractivity contribution in [2.24, 2.45) is 5.92 Å². The topological polar surface area (TPSA) is 87.7 Å². The Kier molecular flexibility index (Phi) is 4.57. The minimum Gasteiger partial charge on any atom is -0.307 e. The first-order valence-corrected chi connectivity index (χ1v) is 8.75. The molecule has 108 valence electrons. The first-order valence-electron chi connectivity index (χ1n) is 6.80. The highest BCUT2D eigenvalue weighted by Crippen LogP contribution is 2.35. The largest absolute Gasteiger partial charge is 0.307 e. The molecule has 0 radical (unpaired) electrons. The third kappa shape index (κ3) is 3.54. The summed E-state index contributed by atoms with van der Waals surface area (Å²) in [6, 6.07) is 0.0667. The number of H-pyrrole nitrogens is 1. The molecule has 0 amide bonds. The molecular formula is C12H22N4O2S. The van der Waals surface area contributed by atoms with Crippen LogP contribution in [0.15, 0.2) is 6.33 Å². The van der Waals surface area contributed by atoms with Crippen LogP contribution in [-0.2, 0) is 9.84 Å². The lowest BCUT2D eigenvalue weighted by molar-refractivity contribution is 0.268. The van der Waals surface area contributed by atoms with Gasteiger partial charge < -0.3 is 5.32 Å². The van der Waals surface area contributed by atoms with Crippen molar-refractivity contribution in [2.45, 2.75) is 43.9 Å². The number of aromatic nitrogens is 3. The molecule has 1 aromatic rings. The highest BCUT2D eigenvalue weighted by atomic mass is 32.2. The van der Waals surface area contributed by atoms with E-state index in [4.69, 9.17) is 0 Å². The summed E-state index contributed by atoms with van der Waals surface area (Å²) in [5.74, 6) is 1.10. The Labute approximate surface area is 114 Å². The average Bonchev–Trinajstić information content (AvgIpc) is 2.88. The molecule has 3 atom stereocenters. The highest BCUT2D eigenvalue weighted by Gasteiger charge is 2.34. The van der Waals surface area contributed by atoms with E-state index < -0.39 is 9.84 Å². The van der Waals surface area contributed by atoms with Gasteiger partial charge in [-0.3, -0.25) is 5.10 Å². The van der Waals surface area contributed by atoms with Crippen LogP contribution in [0.4, 0.5) is 0 Å². The van der Waals surface area contributed by atoms with Crippen molar-refractivity contribution in [3.8, 4) is 0 Å². The number of nitrogens with one attached hydrogen (secondary N) is 2. The van der Waals surface area contributed by atoms with E-state index in [2.05, 4.69) is 20.5 Å². The molecule has 1 aromatic heterocycles. The van der Waals surface area contributed by atoms with Gasteiger partial charge in [-0.1, -0.05) is 13.3 Å². The molecule has 0 saturated heterocycles. The van der Waals surface area contributed by atoms with E-state index in [0.29, 0.717) is 12.3 Å². The van der Waals surface area contributed by atoms with E-state index in [0.717, 1.165) is 31.6 Å². The smallest absolute Gasteiger partial charge is 0.150 e. The number of hydrogen-bond acceptors (Lipinski definition) is 5. The molecule has 1 aliphatic carbocycles. The molecule has 1 saturated carbocycles. The van der Waals surface area contributed by atoms with Gasteiger partial charge in [0.25, 0.3) is 0 Å². The van der Waals surface area contributed by atoms with E-state index in [1.807, 2.05) is 6.92 Å². The van der Waals surface area contributed by atoms with Crippen LogP contribution >= 0.6 is 0 Å². The molecule has 2 N–H and O–H groups in total. The van der Waals surface area contributed by atoms with Gasteiger partial charge in [-0.2, -0.15) is 5.10 Å². The Morgan fingerprint density at radius 1 is 1.53 bits per heavy atom. The first-order chi connectivity index (χ1) is 9.02. The number of hydrogen-bond donors (Lipinski definition) is 2. The summed E-state index contributed by atoms with van der Waals surface area (Å²) in [4.78, 5) is 4.22. The van der Waals surface area contributed by atoms with Gasteiger partial charge in [-0.15, -0.1) is 0 Å². The lowest BCUT2D eigenvalue weighted by Crippen LogP contribution is -2.36. The zero-order valence-electron chi connectivity index (χ0n) is 11.5. The molecule has 0 aliphatic heterocycles. The molecule has 1 heterocycles. The minimum absolute atomic E-state index is 0.0667. The van der Waals surface area contributed by atoms with E-state index in [9.17, 15) is 8.42 Å². The van der Waals surface area contributed by atoms with Crippen molar-refractivity contribution >= 4 is 9.84 Å². The number of sulfone groups is 1. The molecule has 0 bridgehead atoms. The van der Waals surface area contributed by atoms with E-state index in [-0.39, 0.29) is 11.3 Å². The zero-order valence-corrected chi connectivity index (χ0v) is 12.3. The van der Waals surface area contributed by atoms with Crippen LogP contribution < -0.4 is 5.32 Å². The molecule has 1 fully saturated rings. The predicted molar refractivity (Wildman–Crippen MR) is 73.4 cm³/mol. The van der Waals surface area contributed by atoms with Gasteiger partial charge in [0.1, 0.15) is 22.0 Å². The summed E-state index contributed by atoms with van der Waals surface area (Å²) in [7, 11) is -2.95. The summed E-state index contributed by atoms with van der Waals surface area (Å²) in [5.41, 5.74) is 0. The van der Waals surface area contributed by atoms with Crippen molar-refractivity contribution in [3.63, 3.8) is 0 Å². The molecule has 3 unspecified atom stereocenters. The van der Waals surface area contributed by atoms with Gasteiger partial charge in [0, 0.05) is 6.26 Å². The molecule has 1 aliphatic rings. The van der Waals surface area contributed by atoms with Gasteiger partial charge in [-0.05, 0) is 31.7 Å². The van der Waals surface area contributed by atoms with Crippen LogP contribution in [0.25, 0.3) is 0 Å². The van der Waals surface area contributed by atoms with Crippen LogP contribution in [0.5, 0.6) is 0 Å². The lowest BCUT2D eigenvalue weighted by atomic mass is 9.83. The van der Waals surface area contributed by atoms with E-state index in [1.54, 1.807) is 0 Å². The Morgan fingerprint density at radius 2 is 2.32 bits per heavy atom. The predicted octanol–water partition coefficient (Wildman–Crippen LogP) is 1.06. The van der Waals surface area contributed by atoms with Crippen molar-refractivity contribution < 1.29 is 8.42 Å². The van der Waals surface area contributed by atoms with Crippen LogP contribution in [0.3, 0.4) is 0 Å². The maximum Gasteiger partial charge on any atom is 0.150 e. The fourth-order valence-electron chi connectivity index (χ4n) is 2.94. The molecule has 0 aromatic carbocycles. The van der Waals surface area contributed by atoms with Gasteiger partial charge in [0.15, 0.2) is 0 Å². The van der Waals surface area contributed by atoms with Crippen LogP contribution in [0, 0.1) is 5.92 Å². The third-order valence-electron chi connectivity index (χ3n) is 3.90. The summed E-state index contributed by atoms with van der Waals surface area (Å²) in [6.07, 6.45) is 6.32. The Morgan fingerprint density at radius 3 is 2.89 bits per heavy atom. The normalized spacial score (nSPS) is 26.2. The zero-order chi connectivity index (χ0) is 13.9. The molecule has 7 heteroatoms. The van der Waals surface area contributed by atoms with Gasteiger partial charge in [0.05, 0.1) is 11.3 Å². The average molecular weight is 286 g/mol. The fourth-order valence-corrected chi connectivity index (χ4v) is 4.14. The van der Waals surface area contributed by atoms with Crippen molar-refractivity contribution in [1.82, 2.24) is 20.5 Å². The number of nitrogens with zero attached hydrogens (tertiary/aromatic N) is 2. The van der Waals surface area contributed by atoms with E-state index in [1.165, 1.54) is 12.6 Å². The fraction of sp³-hybridized carbons (Fsp3) is 0.833. The minimum atomic E-state index is -2.95. The Hall–Kier alpha value is -0.950. The monoisotopic (exact) mass is 286 g/mol. The third-order valence-corrected chi connectivity index (χ3v) is 5.53. The van der Waals surface area contributed by atoms with Gasteiger partial charge >= 0.3 is 0 Å². The second-order valence-corrected chi connectivity index (χ2v) is 7.61. The Bertz CT molecular complexity index is 486. The highest BCUT2D eigenvalue weighted by molar-refractivity contribution is 7.91. The molecular weight excluding hydrogens is 264 g/mol. The molecule has 19 heavy (non-hydrogen) atoms. The standard InChI is InChI=1S/C12H22N4O2S/c1-3-13-11(12-14-8-15-16-12)9-5-4-6-10(7-9)19(2,17)18/h8-11,13H,3-7H2,1-2H3,(H,14,15,16). The Balaban J connectivity index is 2.13. The lowest BCUT2D eigenvalue weighted by Gasteiger charge is -2.33. The van der Waals surface area contributed by atoms with Crippen LogP contribution in [-0.4, -0.2) is 41.6 Å². The second kappa shape index (κ2) is 6.00. The van der Waals surface area contributed by atoms with Crippen molar-refractivity contribution in [3.05, 3.63) is 12.2 Å². The number of aromatic amines is 1. The molecule has 2 rings (SSSR count). The van der Waals surface area contributed by atoms with Crippen molar-refractivity contribution in [1.29, 1.82) is 0 Å². The second-order valence-electron chi connectivity index (χ2n) is 5.28. The van der Waals surface area contributed by atoms with Gasteiger partial charge in [0.2, 0.25) is 0 Å². The van der Waals surface area contributed by atoms with E-state index >= 15 is 0 Å². The van der Waals surface area contributed by atoms with Crippen molar-refractivity contribution in [2.75, 3.05) is 12.8 Å². The maximum absolute atomic E-state index is 11.7. The quantitative estimate of drug-likeness (QED) is 0.845. The van der Waals surface area contributed by atoms with Crippen LogP contribution in [0.1, 0.15) is 44.5 Å². The first kappa shape index (κ1) is 14.5. The maximum atomic E-state index is 11.7. The molecule has 0 spiro atoms. The summed E-state index contributed by atoms with van der Waals surface area (Å²) in [5, 5.41) is 9.98. The molecule has 6 nitrogen and oxygen atoms in total. The SMILES string of the molecule is CCNC(c1ncn[nH]1)C1CCCC(S(C)(=O)=O)C1.